The van der Waals surface area contributed by atoms with Crippen molar-refractivity contribution in [3.8, 4) is 0 Å². The predicted molar refractivity (Wildman–Crippen MR) is 64.3 cm³/mol. The third-order valence-corrected chi connectivity index (χ3v) is 3.22. The molecule has 1 aliphatic rings. The number of rotatable bonds is 7. The van der Waals surface area contributed by atoms with Crippen molar-refractivity contribution in [2.45, 2.75) is 38.7 Å². The monoisotopic (exact) mass is 228 g/mol. The Balaban J connectivity index is 1.97. The molecular weight excluding hydrogens is 204 g/mol. The fraction of sp³-hybridized carbons (Fsp3) is 0.917. The summed E-state index contributed by atoms with van der Waals surface area (Å²) in [5, 5.41) is 6.30. The number of nitrogens with one attached hydrogen (secondary N) is 2. The molecule has 1 amide bonds. The highest BCUT2D eigenvalue weighted by atomic mass is 16.5. The molecule has 0 spiro atoms. The van der Waals surface area contributed by atoms with Gasteiger partial charge in [0.2, 0.25) is 5.91 Å². The van der Waals surface area contributed by atoms with E-state index in [2.05, 4.69) is 10.6 Å². The quantitative estimate of drug-likeness (QED) is 0.681. The lowest BCUT2D eigenvalue weighted by molar-refractivity contribution is -0.121. The van der Waals surface area contributed by atoms with Crippen LogP contribution in [0.2, 0.25) is 0 Å². The fourth-order valence-electron chi connectivity index (χ4n) is 1.92. The van der Waals surface area contributed by atoms with Crippen LogP contribution >= 0.6 is 0 Å². The summed E-state index contributed by atoms with van der Waals surface area (Å²) in [5.41, 5.74) is 0. The maximum atomic E-state index is 11.5. The van der Waals surface area contributed by atoms with E-state index in [1.165, 1.54) is 6.42 Å². The van der Waals surface area contributed by atoms with Crippen LogP contribution in [0.1, 0.15) is 32.6 Å². The van der Waals surface area contributed by atoms with E-state index in [0.29, 0.717) is 6.42 Å². The van der Waals surface area contributed by atoms with Crippen LogP contribution in [0.3, 0.4) is 0 Å². The molecule has 1 aliphatic heterocycles. The summed E-state index contributed by atoms with van der Waals surface area (Å²) in [4.78, 5) is 11.5. The normalized spacial score (nSPS) is 22.0. The Morgan fingerprint density at radius 2 is 2.44 bits per heavy atom. The molecule has 1 rings (SSSR count). The van der Waals surface area contributed by atoms with Crippen LogP contribution in [0.15, 0.2) is 0 Å². The average Bonchev–Trinajstić information content (AvgIpc) is 2.79. The van der Waals surface area contributed by atoms with Crippen LogP contribution in [-0.4, -0.2) is 38.8 Å². The molecule has 0 aromatic heterocycles. The zero-order valence-electron chi connectivity index (χ0n) is 10.4. The van der Waals surface area contributed by atoms with Crippen LogP contribution in [0.25, 0.3) is 0 Å². The molecule has 16 heavy (non-hydrogen) atoms. The van der Waals surface area contributed by atoms with Crippen molar-refractivity contribution in [1.29, 1.82) is 0 Å². The highest BCUT2D eigenvalue weighted by Gasteiger charge is 2.14. The molecule has 0 bridgehead atoms. The molecule has 4 heteroatoms. The minimum absolute atomic E-state index is 0.148. The van der Waals surface area contributed by atoms with E-state index in [4.69, 9.17) is 4.74 Å². The molecule has 1 saturated heterocycles. The summed E-state index contributed by atoms with van der Waals surface area (Å²) in [7, 11) is 1.68. The average molecular weight is 228 g/mol. The zero-order chi connectivity index (χ0) is 11.8. The maximum absolute atomic E-state index is 11.5. The Labute approximate surface area is 98.1 Å². The number of methoxy groups -OCH3 is 1. The number of hydrogen-bond donors (Lipinski definition) is 2. The van der Waals surface area contributed by atoms with Crippen LogP contribution in [0.5, 0.6) is 0 Å². The van der Waals surface area contributed by atoms with Gasteiger partial charge in [0, 0.05) is 20.1 Å². The second-order valence-corrected chi connectivity index (χ2v) is 4.58. The van der Waals surface area contributed by atoms with Crippen molar-refractivity contribution in [2.75, 3.05) is 26.7 Å². The van der Waals surface area contributed by atoms with E-state index in [-0.39, 0.29) is 12.0 Å². The molecule has 2 unspecified atom stereocenters. The van der Waals surface area contributed by atoms with E-state index < -0.39 is 0 Å². The molecule has 0 aromatic carbocycles. The Morgan fingerprint density at radius 1 is 1.62 bits per heavy atom. The number of ether oxygens (including phenoxy) is 1. The largest absolute Gasteiger partial charge is 0.382 e. The topological polar surface area (TPSA) is 50.4 Å². The summed E-state index contributed by atoms with van der Waals surface area (Å²) in [6, 6.07) is 0. The first-order chi connectivity index (χ1) is 7.72. The van der Waals surface area contributed by atoms with Gasteiger partial charge in [-0.1, -0.05) is 0 Å². The molecule has 0 aliphatic carbocycles. The highest BCUT2D eigenvalue weighted by molar-refractivity contribution is 5.75. The second-order valence-electron chi connectivity index (χ2n) is 4.58. The molecule has 94 valence electrons. The van der Waals surface area contributed by atoms with Gasteiger partial charge in [0.15, 0.2) is 0 Å². The summed E-state index contributed by atoms with van der Waals surface area (Å²) in [6.45, 7) is 5.03. The standard InChI is InChI=1S/C12H24N2O2/c1-10(16-2)3-4-12(15)14-8-6-11-5-7-13-9-11/h10-11,13H,3-9H2,1-2H3,(H,14,15). The summed E-state index contributed by atoms with van der Waals surface area (Å²) < 4.78 is 5.10. The third-order valence-electron chi connectivity index (χ3n) is 3.22. The highest BCUT2D eigenvalue weighted by Crippen LogP contribution is 2.10. The van der Waals surface area contributed by atoms with Gasteiger partial charge >= 0.3 is 0 Å². The van der Waals surface area contributed by atoms with Gasteiger partial charge in [0.25, 0.3) is 0 Å². The lowest BCUT2D eigenvalue weighted by Crippen LogP contribution is -2.27. The summed E-state index contributed by atoms with van der Waals surface area (Å²) >= 11 is 0. The first-order valence-corrected chi connectivity index (χ1v) is 6.22. The van der Waals surface area contributed by atoms with Crippen molar-refractivity contribution in [3.63, 3.8) is 0 Å². The van der Waals surface area contributed by atoms with Crippen LogP contribution in [-0.2, 0) is 9.53 Å². The third kappa shape index (κ3) is 5.47. The molecule has 4 nitrogen and oxygen atoms in total. The van der Waals surface area contributed by atoms with Gasteiger partial charge in [-0.05, 0) is 45.2 Å². The van der Waals surface area contributed by atoms with Gasteiger partial charge in [0.1, 0.15) is 0 Å². The first kappa shape index (κ1) is 13.5. The van der Waals surface area contributed by atoms with E-state index in [0.717, 1.165) is 38.4 Å². The van der Waals surface area contributed by atoms with Crippen LogP contribution < -0.4 is 10.6 Å². The van der Waals surface area contributed by atoms with Crippen LogP contribution in [0.4, 0.5) is 0 Å². The molecule has 0 saturated carbocycles. The predicted octanol–water partition coefficient (Wildman–Crippen LogP) is 0.917. The van der Waals surface area contributed by atoms with E-state index in [1.807, 2.05) is 6.92 Å². The van der Waals surface area contributed by atoms with Gasteiger partial charge in [-0.3, -0.25) is 4.79 Å². The number of carbonyl (C=O) groups excluding carboxylic acids is 1. The Morgan fingerprint density at radius 3 is 3.06 bits per heavy atom. The molecule has 0 aromatic rings. The van der Waals surface area contributed by atoms with Gasteiger partial charge < -0.3 is 15.4 Å². The fourth-order valence-corrected chi connectivity index (χ4v) is 1.92. The maximum Gasteiger partial charge on any atom is 0.220 e. The van der Waals surface area contributed by atoms with Crippen molar-refractivity contribution >= 4 is 5.91 Å². The summed E-state index contributed by atoms with van der Waals surface area (Å²) in [5.74, 6) is 0.896. The smallest absolute Gasteiger partial charge is 0.220 e. The molecule has 0 radical (unpaired) electrons. The van der Waals surface area contributed by atoms with Gasteiger partial charge in [-0.15, -0.1) is 0 Å². The zero-order valence-corrected chi connectivity index (χ0v) is 10.4. The SMILES string of the molecule is COC(C)CCC(=O)NCCC1CCNC1. The van der Waals surface area contributed by atoms with Crippen LogP contribution in [0, 0.1) is 5.92 Å². The van der Waals surface area contributed by atoms with E-state index in [9.17, 15) is 4.79 Å². The molecule has 2 atom stereocenters. The lowest BCUT2D eigenvalue weighted by Gasteiger charge is -2.11. The van der Waals surface area contributed by atoms with Crippen molar-refractivity contribution in [1.82, 2.24) is 10.6 Å². The van der Waals surface area contributed by atoms with Gasteiger partial charge in [-0.25, -0.2) is 0 Å². The molecule has 2 N–H and O–H groups in total. The first-order valence-electron chi connectivity index (χ1n) is 6.22. The Hall–Kier alpha value is -0.610. The number of hydrogen-bond acceptors (Lipinski definition) is 3. The molecule has 1 fully saturated rings. The van der Waals surface area contributed by atoms with Gasteiger partial charge in [-0.2, -0.15) is 0 Å². The summed E-state index contributed by atoms with van der Waals surface area (Å²) in [6.07, 6.45) is 3.88. The van der Waals surface area contributed by atoms with Crippen molar-refractivity contribution < 1.29 is 9.53 Å². The van der Waals surface area contributed by atoms with E-state index in [1.54, 1.807) is 7.11 Å². The molecular formula is C12H24N2O2. The minimum atomic E-state index is 0.148. The van der Waals surface area contributed by atoms with Crippen molar-refractivity contribution in [2.24, 2.45) is 5.92 Å². The Bertz CT molecular complexity index is 203. The molecule has 1 heterocycles. The van der Waals surface area contributed by atoms with Gasteiger partial charge in [0.05, 0.1) is 6.10 Å². The Kier molecular flexibility index (Phi) is 6.42. The lowest BCUT2D eigenvalue weighted by atomic mass is 10.1. The van der Waals surface area contributed by atoms with E-state index >= 15 is 0 Å². The van der Waals surface area contributed by atoms with Crippen molar-refractivity contribution in [3.05, 3.63) is 0 Å². The number of carbonyl (C=O) groups is 1. The number of amides is 1. The second kappa shape index (κ2) is 7.63. The minimum Gasteiger partial charge on any atom is -0.382 e.